The van der Waals surface area contributed by atoms with E-state index in [0.717, 1.165) is 6.54 Å². The molecule has 1 saturated carbocycles. The van der Waals surface area contributed by atoms with Gasteiger partial charge in [0.1, 0.15) is 11.0 Å². The van der Waals surface area contributed by atoms with Gasteiger partial charge in [-0.05, 0) is 18.3 Å². The number of nitro groups is 1. The molecule has 6 heteroatoms. The average molecular weight is 284 g/mol. The summed E-state index contributed by atoms with van der Waals surface area (Å²) in [4.78, 5) is 14.4. The van der Waals surface area contributed by atoms with Gasteiger partial charge in [-0.3, -0.25) is 10.1 Å². The average Bonchev–Trinajstić information content (AvgIpc) is 2.37. The van der Waals surface area contributed by atoms with E-state index in [1.165, 1.54) is 37.8 Å². The molecule has 0 bridgehead atoms. The van der Waals surface area contributed by atoms with Gasteiger partial charge in [0.2, 0.25) is 0 Å². The first-order valence-corrected chi connectivity index (χ1v) is 7.00. The van der Waals surface area contributed by atoms with Crippen molar-refractivity contribution in [2.75, 3.05) is 11.9 Å². The van der Waals surface area contributed by atoms with Crippen LogP contribution in [-0.2, 0) is 0 Å². The first-order valence-electron chi connectivity index (χ1n) is 6.62. The van der Waals surface area contributed by atoms with Gasteiger partial charge >= 0.3 is 0 Å². The summed E-state index contributed by atoms with van der Waals surface area (Å²) in [5.74, 6) is 1.78. The lowest BCUT2D eigenvalue weighted by molar-refractivity contribution is -0.384. The predicted molar refractivity (Wildman–Crippen MR) is 75.5 cm³/mol. The number of nitrogens with one attached hydrogen (secondary N) is 1. The molecule has 19 heavy (non-hydrogen) atoms. The van der Waals surface area contributed by atoms with Crippen molar-refractivity contribution in [3.63, 3.8) is 0 Å². The molecule has 1 aliphatic rings. The number of hydrogen-bond donors (Lipinski definition) is 1. The summed E-state index contributed by atoms with van der Waals surface area (Å²) >= 11 is 5.79. The zero-order valence-electron chi connectivity index (χ0n) is 10.9. The van der Waals surface area contributed by atoms with E-state index in [9.17, 15) is 10.1 Å². The number of nitrogens with zero attached hydrogens (tertiary/aromatic N) is 2. The van der Waals surface area contributed by atoms with Gasteiger partial charge in [-0.15, -0.1) is 0 Å². The third-order valence-corrected chi connectivity index (χ3v) is 4.02. The molecule has 104 valence electrons. The zero-order chi connectivity index (χ0) is 13.8. The van der Waals surface area contributed by atoms with Gasteiger partial charge in [0.25, 0.3) is 5.69 Å². The highest BCUT2D eigenvalue weighted by atomic mass is 35.5. The van der Waals surface area contributed by atoms with E-state index in [0.29, 0.717) is 17.7 Å². The van der Waals surface area contributed by atoms with Crippen molar-refractivity contribution in [3.05, 3.63) is 27.4 Å². The van der Waals surface area contributed by atoms with Crippen LogP contribution >= 0.6 is 11.6 Å². The Bertz CT molecular complexity index is 467. The Morgan fingerprint density at radius 1 is 1.47 bits per heavy atom. The highest BCUT2D eigenvalue weighted by molar-refractivity contribution is 6.29. The topological polar surface area (TPSA) is 68.1 Å². The van der Waals surface area contributed by atoms with Gasteiger partial charge in [0.05, 0.1) is 17.1 Å². The van der Waals surface area contributed by atoms with Crippen LogP contribution < -0.4 is 5.32 Å². The van der Waals surface area contributed by atoms with Crippen LogP contribution in [0.3, 0.4) is 0 Å². The van der Waals surface area contributed by atoms with Crippen molar-refractivity contribution in [1.29, 1.82) is 0 Å². The van der Waals surface area contributed by atoms with Crippen LogP contribution in [0.2, 0.25) is 5.15 Å². The molecule has 2 unspecified atom stereocenters. The molecule has 0 saturated heterocycles. The summed E-state index contributed by atoms with van der Waals surface area (Å²) in [7, 11) is 0. The number of halogens is 1. The minimum absolute atomic E-state index is 0.0285. The summed E-state index contributed by atoms with van der Waals surface area (Å²) in [6.07, 6.45) is 5.03. The molecule has 1 heterocycles. The highest BCUT2D eigenvalue weighted by Gasteiger charge is 2.21. The second-order valence-corrected chi connectivity index (χ2v) is 5.58. The standard InChI is InChI=1S/C13H18ClN3O2/c1-9-4-2-3-5-10(9)8-15-13-7-11(17(18)19)6-12(14)16-13/h6-7,9-10H,2-5,8H2,1H3,(H,15,16). The predicted octanol–water partition coefficient (Wildman–Crippen LogP) is 3.88. The van der Waals surface area contributed by atoms with Crippen LogP contribution in [0.15, 0.2) is 12.1 Å². The molecule has 1 N–H and O–H groups in total. The summed E-state index contributed by atoms with van der Waals surface area (Å²) in [5, 5.41) is 14.1. The minimum Gasteiger partial charge on any atom is -0.370 e. The fourth-order valence-electron chi connectivity index (χ4n) is 2.61. The van der Waals surface area contributed by atoms with E-state index in [4.69, 9.17) is 11.6 Å². The van der Waals surface area contributed by atoms with Gasteiger partial charge in [-0.1, -0.05) is 37.8 Å². The second kappa shape index (κ2) is 6.19. The molecule has 1 aliphatic carbocycles. The zero-order valence-corrected chi connectivity index (χ0v) is 11.7. The van der Waals surface area contributed by atoms with Gasteiger partial charge in [-0.2, -0.15) is 0 Å². The number of anilines is 1. The summed E-state index contributed by atoms with van der Waals surface area (Å²) in [6, 6.07) is 2.69. The molecule has 0 aromatic carbocycles. The third kappa shape index (κ3) is 3.80. The first-order chi connectivity index (χ1) is 9.06. The molecule has 2 atom stereocenters. The third-order valence-electron chi connectivity index (χ3n) is 3.82. The maximum absolute atomic E-state index is 10.8. The summed E-state index contributed by atoms with van der Waals surface area (Å²) in [5.41, 5.74) is -0.0285. The van der Waals surface area contributed by atoms with Crippen molar-refractivity contribution in [2.24, 2.45) is 11.8 Å². The highest BCUT2D eigenvalue weighted by Crippen LogP contribution is 2.30. The first kappa shape index (κ1) is 14.1. The monoisotopic (exact) mass is 283 g/mol. The van der Waals surface area contributed by atoms with Crippen LogP contribution in [0.5, 0.6) is 0 Å². The van der Waals surface area contributed by atoms with Gasteiger partial charge in [-0.25, -0.2) is 4.98 Å². The fourth-order valence-corrected chi connectivity index (χ4v) is 2.81. The molecule has 0 amide bonds. The largest absolute Gasteiger partial charge is 0.370 e. The molecular weight excluding hydrogens is 266 g/mol. The van der Waals surface area contributed by atoms with Crippen LogP contribution in [0.1, 0.15) is 32.6 Å². The molecule has 0 radical (unpaired) electrons. The lowest BCUT2D eigenvalue weighted by atomic mass is 9.80. The lowest BCUT2D eigenvalue weighted by Gasteiger charge is -2.28. The maximum atomic E-state index is 10.8. The number of hydrogen-bond acceptors (Lipinski definition) is 4. The Morgan fingerprint density at radius 2 is 2.21 bits per heavy atom. The second-order valence-electron chi connectivity index (χ2n) is 5.19. The molecule has 0 aliphatic heterocycles. The smallest absolute Gasteiger partial charge is 0.276 e. The summed E-state index contributed by atoms with van der Waals surface area (Å²) < 4.78 is 0. The lowest BCUT2D eigenvalue weighted by Crippen LogP contribution is -2.24. The molecule has 1 aromatic rings. The number of pyridine rings is 1. The van der Waals surface area contributed by atoms with E-state index in [-0.39, 0.29) is 10.8 Å². The van der Waals surface area contributed by atoms with E-state index in [1.54, 1.807) is 0 Å². The number of rotatable bonds is 4. The Kier molecular flexibility index (Phi) is 4.58. The van der Waals surface area contributed by atoms with E-state index in [2.05, 4.69) is 17.2 Å². The molecule has 0 spiro atoms. The maximum Gasteiger partial charge on any atom is 0.276 e. The van der Waals surface area contributed by atoms with Crippen molar-refractivity contribution in [3.8, 4) is 0 Å². The van der Waals surface area contributed by atoms with E-state index < -0.39 is 4.92 Å². The van der Waals surface area contributed by atoms with Crippen molar-refractivity contribution >= 4 is 23.1 Å². The Balaban J connectivity index is 2.00. The molecule has 5 nitrogen and oxygen atoms in total. The van der Waals surface area contributed by atoms with Crippen LogP contribution in [0, 0.1) is 22.0 Å². The van der Waals surface area contributed by atoms with Gasteiger partial charge in [0, 0.05) is 6.54 Å². The Hall–Kier alpha value is -1.36. The molecule has 2 rings (SSSR count). The minimum atomic E-state index is -0.456. The van der Waals surface area contributed by atoms with Crippen molar-refractivity contribution < 1.29 is 4.92 Å². The number of aromatic nitrogens is 1. The van der Waals surface area contributed by atoms with Crippen LogP contribution in [-0.4, -0.2) is 16.5 Å². The molecular formula is C13H18ClN3O2. The van der Waals surface area contributed by atoms with E-state index >= 15 is 0 Å². The quantitative estimate of drug-likeness (QED) is 0.517. The van der Waals surface area contributed by atoms with Crippen LogP contribution in [0.4, 0.5) is 11.5 Å². The molecule has 1 fully saturated rings. The van der Waals surface area contributed by atoms with Crippen molar-refractivity contribution in [1.82, 2.24) is 4.98 Å². The Labute approximate surface area is 117 Å². The van der Waals surface area contributed by atoms with Crippen molar-refractivity contribution in [2.45, 2.75) is 32.6 Å². The SMILES string of the molecule is CC1CCCCC1CNc1cc([N+](=O)[O-])cc(Cl)n1. The molecule has 1 aromatic heterocycles. The Morgan fingerprint density at radius 3 is 2.89 bits per heavy atom. The van der Waals surface area contributed by atoms with E-state index in [1.807, 2.05) is 0 Å². The van der Waals surface area contributed by atoms with Crippen LogP contribution in [0.25, 0.3) is 0 Å². The summed E-state index contributed by atoms with van der Waals surface area (Å²) in [6.45, 7) is 3.06. The van der Waals surface area contributed by atoms with Gasteiger partial charge < -0.3 is 5.32 Å². The van der Waals surface area contributed by atoms with Gasteiger partial charge in [0.15, 0.2) is 0 Å². The fraction of sp³-hybridized carbons (Fsp3) is 0.615. The normalized spacial score (nSPS) is 23.1.